The topological polar surface area (TPSA) is 70.7 Å². The fourth-order valence-corrected chi connectivity index (χ4v) is 3.01. The summed E-state index contributed by atoms with van der Waals surface area (Å²) in [7, 11) is 4.00. The Morgan fingerprint density at radius 3 is 2.43 bits per heavy atom. The van der Waals surface area contributed by atoms with Gasteiger partial charge in [-0.1, -0.05) is 30.3 Å². The lowest BCUT2D eigenvalue weighted by Gasteiger charge is -2.12. The Morgan fingerprint density at radius 1 is 1.00 bits per heavy atom. The van der Waals surface area contributed by atoms with Crippen LogP contribution in [0.25, 0.3) is 0 Å². The van der Waals surface area contributed by atoms with Crippen LogP contribution in [0.4, 0.5) is 5.69 Å². The van der Waals surface area contributed by atoms with E-state index in [0.29, 0.717) is 30.2 Å². The van der Waals surface area contributed by atoms with Crippen LogP contribution in [0.15, 0.2) is 54.6 Å². The third-order valence-electron chi connectivity index (χ3n) is 4.66. The lowest BCUT2D eigenvalue weighted by atomic mass is 10.2. The molecule has 0 saturated heterocycles. The molecule has 3 rings (SSSR count). The van der Waals surface area contributed by atoms with E-state index in [1.54, 1.807) is 6.07 Å². The molecule has 148 valence electrons. The van der Waals surface area contributed by atoms with Crippen LogP contribution in [0.5, 0.6) is 11.5 Å². The van der Waals surface area contributed by atoms with Crippen LogP contribution in [-0.2, 0) is 9.59 Å². The number of amides is 2. The molecule has 0 aliphatic heterocycles. The van der Waals surface area contributed by atoms with E-state index in [1.807, 2.05) is 62.6 Å². The summed E-state index contributed by atoms with van der Waals surface area (Å²) in [6.07, 6.45) is 1.49. The molecule has 0 bridgehead atoms. The summed E-state index contributed by atoms with van der Waals surface area (Å²) in [6.45, 7) is 1.56. The number of anilines is 1. The van der Waals surface area contributed by atoms with Crippen molar-refractivity contribution in [2.24, 2.45) is 11.8 Å². The van der Waals surface area contributed by atoms with Crippen molar-refractivity contribution in [3.63, 3.8) is 0 Å². The van der Waals surface area contributed by atoms with Crippen molar-refractivity contribution < 1.29 is 14.3 Å². The van der Waals surface area contributed by atoms with Crippen molar-refractivity contribution in [3.8, 4) is 11.5 Å². The molecule has 0 heterocycles. The van der Waals surface area contributed by atoms with Gasteiger partial charge in [-0.05, 0) is 57.7 Å². The summed E-state index contributed by atoms with van der Waals surface area (Å²) in [5.74, 6) is 0.587. The van der Waals surface area contributed by atoms with E-state index in [2.05, 4.69) is 15.5 Å². The van der Waals surface area contributed by atoms with E-state index in [9.17, 15) is 9.59 Å². The summed E-state index contributed by atoms with van der Waals surface area (Å²) in [5.41, 5.74) is 0.605. The first-order valence-electron chi connectivity index (χ1n) is 9.60. The maximum atomic E-state index is 12.6. The Kier molecular flexibility index (Phi) is 6.66. The number of carbonyl (C=O) groups is 2. The second kappa shape index (κ2) is 9.37. The molecule has 2 N–H and O–H groups in total. The Labute approximate surface area is 165 Å². The Hall–Kier alpha value is -2.86. The Balaban J connectivity index is 1.51. The van der Waals surface area contributed by atoms with Crippen molar-refractivity contribution in [1.29, 1.82) is 0 Å². The highest BCUT2D eigenvalue weighted by Crippen LogP contribution is 2.40. The minimum atomic E-state index is -0.279. The molecule has 1 saturated carbocycles. The van der Waals surface area contributed by atoms with Crippen molar-refractivity contribution >= 4 is 17.5 Å². The number of nitrogens with zero attached hydrogens (tertiary/aromatic N) is 1. The monoisotopic (exact) mass is 381 g/mol. The molecule has 0 radical (unpaired) electrons. The van der Waals surface area contributed by atoms with E-state index >= 15 is 0 Å². The summed E-state index contributed by atoms with van der Waals surface area (Å²) in [6, 6.07) is 16.7. The van der Waals surface area contributed by atoms with Gasteiger partial charge in [-0.2, -0.15) is 0 Å². The maximum absolute atomic E-state index is 12.6. The SMILES string of the molecule is CN(C)CCCNC(=O)C1CC1C(=O)Nc1ccccc1Oc1ccccc1. The Bertz CT molecular complexity index is 808. The molecule has 1 aliphatic rings. The lowest BCUT2D eigenvalue weighted by molar-refractivity contribution is -0.125. The highest BCUT2D eigenvalue weighted by Gasteiger charge is 2.48. The fourth-order valence-electron chi connectivity index (χ4n) is 3.01. The number of benzene rings is 2. The van der Waals surface area contributed by atoms with Crippen LogP contribution in [0.3, 0.4) is 0 Å². The number of ether oxygens (including phenoxy) is 1. The van der Waals surface area contributed by atoms with E-state index in [-0.39, 0.29) is 23.7 Å². The molecule has 6 nitrogen and oxygen atoms in total. The standard InChI is InChI=1S/C22H27N3O3/c1-25(2)14-8-13-23-21(26)17-15-18(17)22(27)24-19-11-6-7-12-20(19)28-16-9-4-3-5-10-16/h3-7,9-12,17-18H,8,13-15H2,1-2H3,(H,23,26)(H,24,27). The minimum Gasteiger partial charge on any atom is -0.455 e. The van der Waals surface area contributed by atoms with Crippen LogP contribution in [0.2, 0.25) is 0 Å². The average molecular weight is 381 g/mol. The zero-order chi connectivity index (χ0) is 19.9. The van der Waals surface area contributed by atoms with E-state index in [4.69, 9.17) is 4.74 Å². The number of para-hydroxylation sites is 3. The van der Waals surface area contributed by atoms with Gasteiger partial charge in [0.1, 0.15) is 5.75 Å². The smallest absolute Gasteiger partial charge is 0.228 e. The van der Waals surface area contributed by atoms with Gasteiger partial charge < -0.3 is 20.3 Å². The molecule has 1 aliphatic carbocycles. The normalized spacial score (nSPS) is 17.8. The number of hydrogen-bond acceptors (Lipinski definition) is 4. The summed E-state index contributed by atoms with van der Waals surface area (Å²) in [5, 5.41) is 5.83. The largest absolute Gasteiger partial charge is 0.455 e. The first kappa shape index (κ1) is 19.9. The van der Waals surface area contributed by atoms with Gasteiger partial charge in [0, 0.05) is 6.54 Å². The summed E-state index contributed by atoms with van der Waals surface area (Å²) >= 11 is 0. The Morgan fingerprint density at radius 2 is 1.68 bits per heavy atom. The molecule has 2 aromatic rings. The van der Waals surface area contributed by atoms with Gasteiger partial charge >= 0.3 is 0 Å². The third kappa shape index (κ3) is 5.57. The average Bonchev–Trinajstić information content (AvgIpc) is 3.48. The van der Waals surface area contributed by atoms with Crippen LogP contribution >= 0.6 is 0 Å². The predicted molar refractivity (Wildman–Crippen MR) is 109 cm³/mol. The number of rotatable bonds is 9. The van der Waals surface area contributed by atoms with E-state index in [0.717, 1.165) is 13.0 Å². The third-order valence-corrected chi connectivity index (χ3v) is 4.66. The predicted octanol–water partition coefficient (Wildman–Crippen LogP) is 3.12. The lowest BCUT2D eigenvalue weighted by Crippen LogP contribution is -2.30. The van der Waals surface area contributed by atoms with Crippen LogP contribution in [-0.4, -0.2) is 43.9 Å². The number of nitrogens with one attached hydrogen (secondary N) is 2. The fraction of sp³-hybridized carbons (Fsp3) is 0.364. The van der Waals surface area contributed by atoms with Crippen molar-refractivity contribution in [2.75, 3.05) is 32.5 Å². The molecular formula is C22H27N3O3. The summed E-state index contributed by atoms with van der Waals surface area (Å²) in [4.78, 5) is 26.8. The first-order valence-corrected chi connectivity index (χ1v) is 9.60. The van der Waals surface area contributed by atoms with Crippen LogP contribution in [0.1, 0.15) is 12.8 Å². The van der Waals surface area contributed by atoms with Gasteiger partial charge in [0.05, 0.1) is 17.5 Å². The molecule has 28 heavy (non-hydrogen) atoms. The van der Waals surface area contributed by atoms with Gasteiger partial charge in [-0.15, -0.1) is 0 Å². The van der Waals surface area contributed by atoms with Crippen LogP contribution < -0.4 is 15.4 Å². The van der Waals surface area contributed by atoms with Gasteiger partial charge in [-0.25, -0.2) is 0 Å². The summed E-state index contributed by atoms with van der Waals surface area (Å²) < 4.78 is 5.87. The second-order valence-corrected chi connectivity index (χ2v) is 7.30. The molecule has 2 atom stereocenters. The molecule has 2 unspecified atom stereocenters. The van der Waals surface area contributed by atoms with E-state index < -0.39 is 0 Å². The molecule has 1 fully saturated rings. The highest BCUT2D eigenvalue weighted by molar-refractivity contribution is 6.00. The van der Waals surface area contributed by atoms with Gasteiger partial charge in [0.2, 0.25) is 11.8 Å². The second-order valence-electron chi connectivity index (χ2n) is 7.30. The molecule has 0 aromatic heterocycles. The number of carbonyl (C=O) groups excluding carboxylic acids is 2. The van der Waals surface area contributed by atoms with Crippen molar-refractivity contribution in [2.45, 2.75) is 12.8 Å². The highest BCUT2D eigenvalue weighted by atomic mass is 16.5. The van der Waals surface area contributed by atoms with Gasteiger partial charge in [-0.3, -0.25) is 9.59 Å². The van der Waals surface area contributed by atoms with Crippen molar-refractivity contribution in [3.05, 3.63) is 54.6 Å². The van der Waals surface area contributed by atoms with Gasteiger partial charge in [0.25, 0.3) is 0 Å². The molecule has 0 spiro atoms. The zero-order valence-corrected chi connectivity index (χ0v) is 16.4. The zero-order valence-electron chi connectivity index (χ0n) is 16.4. The molecule has 2 amide bonds. The van der Waals surface area contributed by atoms with Crippen LogP contribution in [0, 0.1) is 11.8 Å². The van der Waals surface area contributed by atoms with Crippen molar-refractivity contribution in [1.82, 2.24) is 10.2 Å². The van der Waals surface area contributed by atoms with E-state index in [1.165, 1.54) is 0 Å². The minimum absolute atomic E-state index is 0.0345. The molecule has 6 heteroatoms. The van der Waals surface area contributed by atoms with Gasteiger partial charge in [0.15, 0.2) is 5.75 Å². The first-order chi connectivity index (χ1) is 13.5. The quantitative estimate of drug-likeness (QED) is 0.655. The maximum Gasteiger partial charge on any atom is 0.228 e. The molecule has 2 aromatic carbocycles. The molecular weight excluding hydrogens is 354 g/mol. The number of hydrogen-bond donors (Lipinski definition) is 2.